The molecular weight excluding hydrogens is 256 g/mol. The molecule has 0 rings (SSSR count). The lowest BCUT2D eigenvalue weighted by Gasteiger charge is -2.37. The molecule has 0 N–H and O–H groups in total. The van der Waals surface area contributed by atoms with Gasteiger partial charge in [-0.3, -0.25) is 4.79 Å². The number of ether oxygens (including phenoxy) is 1. The molecule has 19 heavy (non-hydrogen) atoms. The van der Waals surface area contributed by atoms with Crippen LogP contribution in [0.3, 0.4) is 0 Å². The predicted octanol–water partition coefficient (Wildman–Crippen LogP) is 3.93. The summed E-state index contributed by atoms with van der Waals surface area (Å²) >= 11 is 0. The monoisotopic (exact) mass is 284 g/mol. The second kappa shape index (κ2) is 7.06. The highest BCUT2D eigenvalue weighted by molar-refractivity contribution is 6.74. The zero-order chi connectivity index (χ0) is 15.3. The van der Waals surface area contributed by atoms with Gasteiger partial charge in [0, 0.05) is 0 Å². The van der Waals surface area contributed by atoms with Crippen LogP contribution in [-0.2, 0) is 14.0 Å². The second-order valence-corrected chi connectivity index (χ2v) is 11.0. The van der Waals surface area contributed by atoms with Gasteiger partial charge in [-0.2, -0.15) is 0 Å². The van der Waals surface area contributed by atoms with Crippen LogP contribution in [0.15, 0.2) is 24.8 Å². The van der Waals surface area contributed by atoms with E-state index in [2.05, 4.69) is 40.4 Å². The third-order valence-corrected chi connectivity index (χ3v) is 8.18. The fraction of sp³-hybridized carbons (Fsp3) is 0.667. The van der Waals surface area contributed by atoms with Crippen molar-refractivity contribution in [1.29, 1.82) is 0 Å². The summed E-state index contributed by atoms with van der Waals surface area (Å²) in [4.78, 5) is 11.4. The largest absolute Gasteiger partial charge is 0.468 e. The Morgan fingerprint density at radius 1 is 1.26 bits per heavy atom. The average molecular weight is 284 g/mol. The Morgan fingerprint density at radius 2 is 1.79 bits per heavy atom. The second-order valence-electron chi connectivity index (χ2n) is 6.25. The van der Waals surface area contributed by atoms with Gasteiger partial charge in [-0.25, -0.2) is 0 Å². The lowest BCUT2D eigenvalue weighted by molar-refractivity contribution is -0.142. The first-order valence-corrected chi connectivity index (χ1v) is 9.52. The Kier molecular flexibility index (Phi) is 6.73. The summed E-state index contributed by atoms with van der Waals surface area (Å²) < 4.78 is 10.9. The summed E-state index contributed by atoms with van der Waals surface area (Å²) in [6.07, 6.45) is 5.25. The zero-order valence-electron chi connectivity index (χ0n) is 13.3. The molecule has 0 saturated carbocycles. The van der Waals surface area contributed by atoms with Gasteiger partial charge in [0.2, 0.25) is 0 Å². The van der Waals surface area contributed by atoms with E-state index in [0.717, 1.165) is 0 Å². The van der Waals surface area contributed by atoms with Gasteiger partial charge in [0.25, 0.3) is 0 Å². The molecule has 0 amide bonds. The first kappa shape index (κ1) is 18.1. The smallest absolute Gasteiger partial charge is 0.316 e. The molecule has 0 aliphatic carbocycles. The molecule has 0 bridgehead atoms. The zero-order valence-corrected chi connectivity index (χ0v) is 14.3. The molecule has 0 saturated heterocycles. The highest BCUT2D eigenvalue weighted by Crippen LogP contribution is 2.37. The topological polar surface area (TPSA) is 35.5 Å². The van der Waals surface area contributed by atoms with Crippen molar-refractivity contribution in [3.63, 3.8) is 0 Å². The molecule has 110 valence electrons. The molecule has 0 unspecified atom stereocenters. The minimum atomic E-state index is -1.78. The van der Waals surface area contributed by atoms with E-state index in [1.54, 1.807) is 12.2 Å². The summed E-state index contributed by atoms with van der Waals surface area (Å²) in [5, 5.41) is 0.176. The minimum Gasteiger partial charge on any atom is -0.468 e. The Bertz CT molecular complexity index is 340. The van der Waals surface area contributed by atoms with Crippen LogP contribution >= 0.6 is 0 Å². The van der Waals surface area contributed by atoms with Crippen molar-refractivity contribution in [3.8, 4) is 0 Å². The fourth-order valence-corrected chi connectivity index (χ4v) is 2.71. The summed E-state index contributed by atoms with van der Waals surface area (Å²) in [5.74, 6) is -0.707. The van der Waals surface area contributed by atoms with Crippen molar-refractivity contribution in [2.24, 2.45) is 5.92 Å². The van der Waals surface area contributed by atoms with Crippen molar-refractivity contribution >= 4 is 14.3 Å². The molecule has 3 nitrogen and oxygen atoms in total. The van der Waals surface area contributed by atoms with Crippen LogP contribution in [-0.4, -0.2) is 27.5 Å². The van der Waals surface area contributed by atoms with Crippen LogP contribution in [0.1, 0.15) is 27.7 Å². The molecule has 2 atom stereocenters. The number of carbonyl (C=O) groups is 1. The number of carbonyl (C=O) groups excluding carboxylic acids is 1. The van der Waals surface area contributed by atoms with Crippen LogP contribution in [0.5, 0.6) is 0 Å². The lowest BCUT2D eigenvalue weighted by atomic mass is 10.1. The van der Waals surface area contributed by atoms with Crippen LogP contribution in [0, 0.1) is 5.92 Å². The highest BCUT2D eigenvalue weighted by atomic mass is 28.4. The first-order chi connectivity index (χ1) is 8.55. The van der Waals surface area contributed by atoms with Crippen molar-refractivity contribution in [2.45, 2.75) is 51.9 Å². The van der Waals surface area contributed by atoms with Gasteiger partial charge in [0.05, 0.1) is 19.1 Å². The van der Waals surface area contributed by atoms with Crippen LogP contribution in [0.2, 0.25) is 18.1 Å². The van der Waals surface area contributed by atoms with Crippen LogP contribution in [0.25, 0.3) is 0 Å². The molecule has 0 aromatic heterocycles. The first-order valence-electron chi connectivity index (χ1n) is 6.61. The maximum absolute atomic E-state index is 11.4. The van der Waals surface area contributed by atoms with Gasteiger partial charge in [-0.15, -0.1) is 6.58 Å². The summed E-state index contributed by atoms with van der Waals surface area (Å²) in [6.45, 7) is 16.7. The predicted molar refractivity (Wildman–Crippen MR) is 82.6 cm³/mol. The maximum atomic E-state index is 11.4. The Balaban J connectivity index is 4.66. The Hall–Kier alpha value is -0.873. The fourth-order valence-electron chi connectivity index (χ4n) is 1.35. The van der Waals surface area contributed by atoms with Gasteiger partial charge in [0.15, 0.2) is 8.32 Å². The van der Waals surface area contributed by atoms with Gasteiger partial charge in [-0.1, -0.05) is 39.0 Å². The van der Waals surface area contributed by atoms with Crippen molar-refractivity contribution in [2.75, 3.05) is 7.11 Å². The van der Waals surface area contributed by atoms with E-state index in [9.17, 15) is 4.79 Å². The molecule has 0 aliphatic heterocycles. The molecule has 0 spiro atoms. The standard InChI is InChI=1S/C15H28O3Si/c1-9-13(14(16)17-6)11-10-12(2)18-19(7,8)15(3,4)5/h9-13H,1H2,2-8H3/b11-10+/t12-,13-/m1/s1. The molecule has 0 aliphatic rings. The lowest BCUT2D eigenvalue weighted by Crippen LogP contribution is -2.42. The SMILES string of the molecule is C=C[C@H](/C=C/[C@@H](C)O[Si](C)(C)C(C)(C)C)C(=O)OC. The minimum absolute atomic E-state index is 0.0204. The van der Waals surface area contributed by atoms with E-state index in [0.29, 0.717) is 0 Å². The maximum Gasteiger partial charge on any atom is 0.316 e. The summed E-state index contributed by atoms with van der Waals surface area (Å²) in [7, 11) is -0.402. The molecule has 0 aromatic rings. The third-order valence-electron chi connectivity index (χ3n) is 3.60. The third kappa shape index (κ3) is 5.74. The molecule has 4 heteroatoms. The van der Waals surface area contributed by atoms with E-state index in [1.807, 2.05) is 13.0 Å². The Labute approximate surface area is 118 Å². The van der Waals surface area contributed by atoms with Gasteiger partial charge < -0.3 is 9.16 Å². The summed E-state index contributed by atoms with van der Waals surface area (Å²) in [5.41, 5.74) is 0. The van der Waals surface area contributed by atoms with Gasteiger partial charge in [-0.05, 0) is 25.1 Å². The Morgan fingerprint density at radius 3 is 2.16 bits per heavy atom. The van der Waals surface area contributed by atoms with Crippen LogP contribution < -0.4 is 0 Å². The molecule has 0 fully saturated rings. The van der Waals surface area contributed by atoms with Crippen LogP contribution in [0.4, 0.5) is 0 Å². The van der Waals surface area contributed by atoms with Crippen molar-refractivity contribution in [1.82, 2.24) is 0 Å². The normalized spacial score (nSPS) is 16.2. The average Bonchev–Trinajstić information content (AvgIpc) is 2.27. The molecule has 0 heterocycles. The number of esters is 1. The van der Waals surface area contributed by atoms with E-state index < -0.39 is 14.2 Å². The van der Waals surface area contributed by atoms with E-state index >= 15 is 0 Å². The quantitative estimate of drug-likeness (QED) is 0.421. The number of methoxy groups -OCH3 is 1. The van der Waals surface area contributed by atoms with Gasteiger partial charge in [0.1, 0.15) is 0 Å². The van der Waals surface area contributed by atoms with E-state index in [-0.39, 0.29) is 17.1 Å². The van der Waals surface area contributed by atoms with Gasteiger partial charge >= 0.3 is 5.97 Å². The molecular formula is C15H28O3Si. The number of rotatable bonds is 6. The van der Waals surface area contributed by atoms with E-state index in [4.69, 9.17) is 9.16 Å². The summed E-state index contributed by atoms with van der Waals surface area (Å²) in [6, 6.07) is 0. The molecule has 0 radical (unpaired) electrons. The number of hydrogen-bond acceptors (Lipinski definition) is 3. The highest BCUT2D eigenvalue weighted by Gasteiger charge is 2.38. The molecule has 0 aromatic carbocycles. The number of hydrogen-bond donors (Lipinski definition) is 0. The van der Waals surface area contributed by atoms with Crippen molar-refractivity contribution < 1.29 is 14.0 Å². The van der Waals surface area contributed by atoms with Crippen molar-refractivity contribution in [3.05, 3.63) is 24.8 Å². The van der Waals surface area contributed by atoms with E-state index in [1.165, 1.54) is 7.11 Å².